The molecule has 6 nitrogen and oxygen atoms in total. The molecular formula is C22H16N2O4S. The summed E-state index contributed by atoms with van der Waals surface area (Å²) in [5.74, 6) is -2.14. The van der Waals surface area contributed by atoms with Gasteiger partial charge in [-0.1, -0.05) is 46.7 Å². The number of nitrogens with zero attached hydrogens (tertiary/aromatic N) is 2. The fourth-order valence-corrected chi connectivity index (χ4v) is 3.97. The number of aryl methyl sites for hydroxylation is 2. The molecule has 7 heteroatoms. The third-order valence-electron chi connectivity index (χ3n) is 4.46. The molecule has 4 rings (SSSR count). The molecule has 0 atom stereocenters. The zero-order valence-electron chi connectivity index (χ0n) is 15.7. The molecule has 0 saturated heterocycles. The van der Waals surface area contributed by atoms with E-state index >= 15 is 0 Å². The lowest BCUT2D eigenvalue weighted by molar-refractivity contribution is -0.0587. The van der Waals surface area contributed by atoms with Crippen LogP contribution in [0.3, 0.4) is 0 Å². The van der Waals surface area contributed by atoms with Crippen LogP contribution in [0, 0.1) is 13.8 Å². The molecular weight excluding hydrogens is 388 g/mol. The molecule has 0 bridgehead atoms. The number of carbonyl (C=O) groups excluding carboxylic acids is 3. The smallest absolute Gasteiger partial charge is 0.324 e. The van der Waals surface area contributed by atoms with Crippen LogP contribution in [0.25, 0.3) is 0 Å². The Morgan fingerprint density at radius 2 is 1.66 bits per heavy atom. The topological polar surface area (TPSA) is 76.6 Å². The minimum atomic E-state index is -0.820. The highest BCUT2D eigenvalue weighted by Crippen LogP contribution is 2.32. The number of hydrogen-bond acceptors (Lipinski definition) is 6. The monoisotopic (exact) mass is 404 g/mol. The maximum atomic E-state index is 12.8. The number of rotatable bonds is 4. The Balaban J connectivity index is 1.59. The normalized spacial score (nSPS) is 12.8. The molecule has 0 N–H and O–H groups in total. The van der Waals surface area contributed by atoms with Gasteiger partial charge in [-0.2, -0.15) is 0 Å². The summed E-state index contributed by atoms with van der Waals surface area (Å²) < 4.78 is 0. The lowest BCUT2D eigenvalue weighted by Crippen LogP contribution is -2.32. The highest BCUT2D eigenvalue weighted by Gasteiger charge is 2.39. The van der Waals surface area contributed by atoms with Gasteiger partial charge in [-0.05, 0) is 49.7 Å². The molecule has 2 heterocycles. The SMILES string of the molecule is Cc1ccc(Sc2ncccc2C(=O)ON2C(=O)c3ccccc3C2=O)c(C)c1. The lowest BCUT2D eigenvalue weighted by atomic mass is 10.1. The molecule has 0 saturated carbocycles. The van der Waals surface area contributed by atoms with E-state index in [9.17, 15) is 14.4 Å². The Morgan fingerprint density at radius 3 is 2.31 bits per heavy atom. The van der Waals surface area contributed by atoms with Crippen molar-refractivity contribution in [1.29, 1.82) is 0 Å². The van der Waals surface area contributed by atoms with Crippen molar-refractivity contribution in [1.82, 2.24) is 10.0 Å². The maximum Gasteiger partial charge on any atom is 0.366 e. The number of hydrogen-bond donors (Lipinski definition) is 0. The molecule has 144 valence electrons. The molecule has 1 aromatic heterocycles. The van der Waals surface area contributed by atoms with E-state index in [2.05, 4.69) is 4.98 Å². The quantitative estimate of drug-likeness (QED) is 0.606. The van der Waals surface area contributed by atoms with Crippen molar-refractivity contribution in [3.63, 3.8) is 0 Å². The van der Waals surface area contributed by atoms with E-state index in [1.807, 2.05) is 32.0 Å². The molecule has 2 aromatic carbocycles. The second-order valence-electron chi connectivity index (χ2n) is 6.56. The number of hydroxylamine groups is 2. The van der Waals surface area contributed by atoms with E-state index in [0.29, 0.717) is 10.1 Å². The molecule has 0 radical (unpaired) electrons. The first-order chi connectivity index (χ1) is 14.0. The summed E-state index contributed by atoms with van der Waals surface area (Å²) in [5.41, 5.74) is 2.79. The van der Waals surface area contributed by atoms with Crippen LogP contribution in [0.1, 0.15) is 42.2 Å². The van der Waals surface area contributed by atoms with Crippen molar-refractivity contribution in [2.45, 2.75) is 23.8 Å². The molecule has 2 amide bonds. The number of carbonyl (C=O) groups is 3. The van der Waals surface area contributed by atoms with Gasteiger partial charge in [-0.15, -0.1) is 0 Å². The second kappa shape index (κ2) is 7.52. The molecule has 0 fully saturated rings. The Kier molecular flexibility index (Phi) is 4.90. The maximum absolute atomic E-state index is 12.8. The Labute approximate surface area is 171 Å². The van der Waals surface area contributed by atoms with Crippen molar-refractivity contribution in [2.75, 3.05) is 0 Å². The summed E-state index contributed by atoms with van der Waals surface area (Å²) in [5, 5.41) is 0.937. The van der Waals surface area contributed by atoms with Gasteiger partial charge < -0.3 is 4.84 Å². The molecule has 1 aliphatic heterocycles. The predicted molar refractivity (Wildman–Crippen MR) is 107 cm³/mol. The molecule has 0 spiro atoms. The van der Waals surface area contributed by atoms with E-state index in [0.717, 1.165) is 16.0 Å². The minimum Gasteiger partial charge on any atom is -0.324 e. The highest BCUT2D eigenvalue weighted by atomic mass is 32.2. The van der Waals surface area contributed by atoms with Crippen LogP contribution in [-0.4, -0.2) is 27.8 Å². The van der Waals surface area contributed by atoms with E-state index in [4.69, 9.17) is 4.84 Å². The molecule has 1 aliphatic rings. The summed E-state index contributed by atoms with van der Waals surface area (Å²) in [6, 6.07) is 15.5. The van der Waals surface area contributed by atoms with Gasteiger partial charge in [0, 0.05) is 11.1 Å². The van der Waals surface area contributed by atoms with Crippen molar-refractivity contribution in [3.05, 3.63) is 88.6 Å². The van der Waals surface area contributed by atoms with Crippen LogP contribution < -0.4 is 0 Å². The average molecular weight is 404 g/mol. The third-order valence-corrected chi connectivity index (χ3v) is 5.66. The summed E-state index contributed by atoms with van der Waals surface area (Å²) in [4.78, 5) is 48.0. The number of imide groups is 1. The first-order valence-corrected chi connectivity index (χ1v) is 9.67. The largest absolute Gasteiger partial charge is 0.366 e. The zero-order chi connectivity index (χ0) is 20.5. The third kappa shape index (κ3) is 3.52. The van der Waals surface area contributed by atoms with Crippen molar-refractivity contribution in [3.8, 4) is 0 Å². The number of aromatic nitrogens is 1. The van der Waals surface area contributed by atoms with E-state index in [1.54, 1.807) is 30.5 Å². The summed E-state index contributed by atoms with van der Waals surface area (Å²) in [7, 11) is 0. The van der Waals surface area contributed by atoms with Gasteiger partial charge in [-0.3, -0.25) is 9.59 Å². The van der Waals surface area contributed by atoms with Crippen LogP contribution in [0.4, 0.5) is 0 Å². The first kappa shape index (κ1) is 18.9. The summed E-state index contributed by atoms with van der Waals surface area (Å²) in [6.07, 6.45) is 1.57. The van der Waals surface area contributed by atoms with Gasteiger partial charge in [0.1, 0.15) is 5.03 Å². The zero-order valence-corrected chi connectivity index (χ0v) is 16.5. The number of pyridine rings is 1. The van der Waals surface area contributed by atoms with Gasteiger partial charge in [0.15, 0.2) is 0 Å². The van der Waals surface area contributed by atoms with Gasteiger partial charge in [-0.25, -0.2) is 9.78 Å². The van der Waals surface area contributed by atoms with Gasteiger partial charge in [0.2, 0.25) is 0 Å². The second-order valence-corrected chi connectivity index (χ2v) is 7.59. The van der Waals surface area contributed by atoms with Crippen LogP contribution in [0.5, 0.6) is 0 Å². The standard InChI is InChI=1S/C22H16N2O4S/c1-13-9-10-18(14(2)12-13)29-19-17(8-5-11-23-19)22(27)28-24-20(25)15-6-3-4-7-16(15)21(24)26/h3-12H,1-2H3. The summed E-state index contributed by atoms with van der Waals surface area (Å²) in [6.45, 7) is 3.99. The van der Waals surface area contributed by atoms with Gasteiger partial charge in [0.05, 0.1) is 16.7 Å². The van der Waals surface area contributed by atoms with Gasteiger partial charge in [0.25, 0.3) is 11.8 Å². The van der Waals surface area contributed by atoms with Crippen molar-refractivity contribution < 1.29 is 19.2 Å². The van der Waals surface area contributed by atoms with Crippen LogP contribution >= 0.6 is 11.8 Å². The van der Waals surface area contributed by atoms with E-state index in [-0.39, 0.29) is 16.7 Å². The predicted octanol–water partition coefficient (Wildman–Crippen LogP) is 4.22. The fraction of sp³-hybridized carbons (Fsp3) is 0.0909. The molecule has 0 unspecified atom stereocenters. The average Bonchev–Trinajstić information content (AvgIpc) is 2.95. The van der Waals surface area contributed by atoms with Gasteiger partial charge >= 0.3 is 5.97 Å². The molecule has 29 heavy (non-hydrogen) atoms. The number of amides is 2. The van der Waals surface area contributed by atoms with Crippen molar-refractivity contribution >= 4 is 29.5 Å². The fourth-order valence-electron chi connectivity index (χ4n) is 3.03. The Hall–Kier alpha value is -3.45. The first-order valence-electron chi connectivity index (χ1n) is 8.86. The van der Waals surface area contributed by atoms with Crippen molar-refractivity contribution in [2.24, 2.45) is 0 Å². The van der Waals surface area contributed by atoms with Crippen LogP contribution in [-0.2, 0) is 4.84 Å². The van der Waals surface area contributed by atoms with E-state index in [1.165, 1.54) is 23.9 Å². The molecule has 0 aliphatic carbocycles. The van der Waals surface area contributed by atoms with Crippen LogP contribution in [0.2, 0.25) is 0 Å². The summed E-state index contributed by atoms with van der Waals surface area (Å²) >= 11 is 1.32. The van der Waals surface area contributed by atoms with Crippen LogP contribution in [0.15, 0.2) is 70.7 Å². The number of fused-ring (bicyclic) bond motifs is 1. The minimum absolute atomic E-state index is 0.175. The van der Waals surface area contributed by atoms with E-state index < -0.39 is 17.8 Å². The molecule has 3 aromatic rings. The Morgan fingerprint density at radius 1 is 0.966 bits per heavy atom. The number of benzene rings is 2. The Bertz CT molecular complexity index is 1120. The highest BCUT2D eigenvalue weighted by molar-refractivity contribution is 7.99. The lowest BCUT2D eigenvalue weighted by Gasteiger charge is -2.14.